The lowest BCUT2D eigenvalue weighted by molar-refractivity contribution is -0.141. The highest BCUT2D eigenvalue weighted by molar-refractivity contribution is 5.77. The topological polar surface area (TPSA) is 46.6 Å². The van der Waals surface area contributed by atoms with Crippen LogP contribution in [-0.2, 0) is 14.3 Å². The first kappa shape index (κ1) is 13.0. The van der Waals surface area contributed by atoms with Crippen molar-refractivity contribution in [1.29, 1.82) is 0 Å². The highest BCUT2D eigenvalue weighted by Crippen LogP contribution is 2.27. The van der Waals surface area contributed by atoms with Crippen molar-refractivity contribution in [2.45, 2.75) is 38.5 Å². The highest BCUT2D eigenvalue weighted by Gasteiger charge is 2.20. The van der Waals surface area contributed by atoms with Crippen molar-refractivity contribution in [2.24, 2.45) is 5.92 Å². The van der Waals surface area contributed by atoms with E-state index in [1.54, 1.807) is 11.9 Å². The van der Waals surface area contributed by atoms with Crippen LogP contribution >= 0.6 is 0 Å². The van der Waals surface area contributed by atoms with Gasteiger partial charge in [-0.1, -0.05) is 12.8 Å². The molecule has 0 radical (unpaired) electrons. The van der Waals surface area contributed by atoms with Gasteiger partial charge in [0.15, 0.2) is 0 Å². The molecule has 1 aliphatic rings. The minimum atomic E-state index is -0.263. The smallest absolute Gasteiger partial charge is 0.307 e. The van der Waals surface area contributed by atoms with Crippen LogP contribution in [0.2, 0.25) is 0 Å². The lowest BCUT2D eigenvalue weighted by atomic mass is 10.0. The molecule has 1 saturated carbocycles. The Morgan fingerprint density at radius 1 is 1.31 bits per heavy atom. The standard InChI is InChI=1S/C12H21NO3/c1-13(8-7-12(15)16-2)11(14)9-10-5-3-4-6-10/h10H,3-9H2,1-2H3. The van der Waals surface area contributed by atoms with Crippen LogP contribution in [0.5, 0.6) is 0 Å². The third-order valence-electron chi connectivity index (χ3n) is 3.24. The molecule has 1 amide bonds. The average Bonchev–Trinajstić information content (AvgIpc) is 2.77. The van der Waals surface area contributed by atoms with Crippen LogP contribution in [0.25, 0.3) is 0 Å². The van der Waals surface area contributed by atoms with Crippen molar-refractivity contribution < 1.29 is 14.3 Å². The fraction of sp³-hybridized carbons (Fsp3) is 0.833. The molecule has 0 aromatic carbocycles. The molecule has 0 spiro atoms. The maximum absolute atomic E-state index is 11.8. The van der Waals surface area contributed by atoms with Gasteiger partial charge < -0.3 is 9.64 Å². The second-order valence-corrected chi connectivity index (χ2v) is 4.50. The first-order valence-corrected chi connectivity index (χ1v) is 5.94. The molecular weight excluding hydrogens is 206 g/mol. The van der Waals surface area contributed by atoms with E-state index in [-0.39, 0.29) is 18.3 Å². The number of nitrogens with zero attached hydrogens (tertiary/aromatic N) is 1. The van der Waals surface area contributed by atoms with Crippen LogP contribution in [0, 0.1) is 5.92 Å². The molecular formula is C12H21NO3. The lowest BCUT2D eigenvalue weighted by Crippen LogP contribution is -2.30. The maximum Gasteiger partial charge on any atom is 0.307 e. The molecule has 0 unspecified atom stereocenters. The SMILES string of the molecule is COC(=O)CCN(C)C(=O)CC1CCCC1. The molecule has 0 aliphatic heterocycles. The second-order valence-electron chi connectivity index (χ2n) is 4.50. The largest absolute Gasteiger partial charge is 0.469 e. The number of ether oxygens (including phenoxy) is 1. The number of carbonyl (C=O) groups excluding carboxylic acids is 2. The first-order chi connectivity index (χ1) is 7.63. The zero-order valence-electron chi connectivity index (χ0n) is 10.2. The Hall–Kier alpha value is -1.06. The zero-order valence-corrected chi connectivity index (χ0v) is 10.2. The van der Waals surface area contributed by atoms with E-state index in [2.05, 4.69) is 4.74 Å². The molecule has 16 heavy (non-hydrogen) atoms. The summed E-state index contributed by atoms with van der Waals surface area (Å²) in [5.74, 6) is 0.449. The van der Waals surface area contributed by atoms with Gasteiger partial charge in [-0.05, 0) is 18.8 Å². The van der Waals surface area contributed by atoms with Gasteiger partial charge in [-0.25, -0.2) is 0 Å². The van der Waals surface area contributed by atoms with Crippen LogP contribution in [-0.4, -0.2) is 37.5 Å². The summed E-state index contributed by atoms with van der Waals surface area (Å²) in [6.07, 6.45) is 5.78. The molecule has 0 atom stereocenters. The molecule has 0 N–H and O–H groups in total. The maximum atomic E-state index is 11.8. The van der Waals surface area contributed by atoms with Crippen LogP contribution in [0.4, 0.5) is 0 Å². The van der Waals surface area contributed by atoms with Gasteiger partial charge in [-0.3, -0.25) is 9.59 Å². The summed E-state index contributed by atoms with van der Waals surface area (Å²) >= 11 is 0. The van der Waals surface area contributed by atoms with Crippen LogP contribution < -0.4 is 0 Å². The molecule has 1 fully saturated rings. The Balaban J connectivity index is 2.21. The van der Waals surface area contributed by atoms with Gasteiger partial charge in [0.1, 0.15) is 0 Å². The van der Waals surface area contributed by atoms with E-state index in [0.29, 0.717) is 18.9 Å². The minimum Gasteiger partial charge on any atom is -0.469 e. The van der Waals surface area contributed by atoms with Gasteiger partial charge in [-0.2, -0.15) is 0 Å². The van der Waals surface area contributed by atoms with Crippen molar-refractivity contribution in [3.05, 3.63) is 0 Å². The molecule has 0 aromatic heterocycles. The van der Waals surface area contributed by atoms with Gasteiger partial charge >= 0.3 is 5.97 Å². The molecule has 4 nitrogen and oxygen atoms in total. The molecule has 4 heteroatoms. The van der Waals surface area contributed by atoms with Crippen LogP contribution in [0.3, 0.4) is 0 Å². The summed E-state index contributed by atoms with van der Waals surface area (Å²) in [7, 11) is 3.11. The number of carbonyl (C=O) groups is 2. The lowest BCUT2D eigenvalue weighted by Gasteiger charge is -2.18. The summed E-state index contributed by atoms with van der Waals surface area (Å²) < 4.78 is 4.54. The predicted molar refractivity (Wildman–Crippen MR) is 60.8 cm³/mol. The molecule has 1 rings (SSSR count). The third kappa shape index (κ3) is 4.21. The van der Waals surface area contributed by atoms with Crippen molar-refractivity contribution in [3.63, 3.8) is 0 Å². The number of hydrogen-bond donors (Lipinski definition) is 0. The van der Waals surface area contributed by atoms with Crippen molar-refractivity contribution >= 4 is 11.9 Å². The summed E-state index contributed by atoms with van der Waals surface area (Å²) in [4.78, 5) is 24.3. The Kier molecular flexibility index (Phi) is 5.29. The number of amides is 1. The molecule has 0 bridgehead atoms. The quantitative estimate of drug-likeness (QED) is 0.670. The minimum absolute atomic E-state index is 0.149. The second kappa shape index (κ2) is 6.51. The summed E-state index contributed by atoms with van der Waals surface area (Å²) in [6.45, 7) is 0.457. The Morgan fingerprint density at radius 3 is 2.50 bits per heavy atom. The van der Waals surface area contributed by atoms with Gasteiger partial charge in [0.2, 0.25) is 5.91 Å². The van der Waals surface area contributed by atoms with E-state index in [0.717, 1.165) is 0 Å². The van der Waals surface area contributed by atoms with Crippen LogP contribution in [0.1, 0.15) is 38.5 Å². The van der Waals surface area contributed by atoms with Gasteiger partial charge in [0.25, 0.3) is 0 Å². The van der Waals surface area contributed by atoms with E-state index >= 15 is 0 Å². The molecule has 0 aromatic rings. The average molecular weight is 227 g/mol. The number of rotatable bonds is 5. The fourth-order valence-corrected chi connectivity index (χ4v) is 2.10. The van der Waals surface area contributed by atoms with E-state index in [1.165, 1.54) is 32.8 Å². The first-order valence-electron chi connectivity index (χ1n) is 5.94. The van der Waals surface area contributed by atoms with Crippen molar-refractivity contribution in [1.82, 2.24) is 4.90 Å². The fourth-order valence-electron chi connectivity index (χ4n) is 2.10. The molecule has 0 saturated heterocycles. The summed E-state index contributed by atoms with van der Waals surface area (Å²) in [5.41, 5.74) is 0. The van der Waals surface area contributed by atoms with E-state index < -0.39 is 0 Å². The third-order valence-corrected chi connectivity index (χ3v) is 3.24. The van der Waals surface area contributed by atoms with Gasteiger partial charge in [0, 0.05) is 20.0 Å². The van der Waals surface area contributed by atoms with Crippen molar-refractivity contribution in [2.75, 3.05) is 20.7 Å². The summed E-state index contributed by atoms with van der Waals surface area (Å²) in [5, 5.41) is 0. The van der Waals surface area contributed by atoms with Gasteiger partial charge in [0.05, 0.1) is 13.5 Å². The number of esters is 1. The molecule has 0 heterocycles. The number of hydrogen-bond acceptors (Lipinski definition) is 3. The van der Waals surface area contributed by atoms with E-state index in [1.807, 2.05) is 0 Å². The van der Waals surface area contributed by atoms with Gasteiger partial charge in [-0.15, -0.1) is 0 Å². The van der Waals surface area contributed by atoms with E-state index in [4.69, 9.17) is 0 Å². The van der Waals surface area contributed by atoms with Crippen LogP contribution in [0.15, 0.2) is 0 Å². The Bertz CT molecular complexity index is 247. The predicted octanol–water partition coefficient (Wildman–Crippen LogP) is 1.59. The Labute approximate surface area is 96.9 Å². The monoisotopic (exact) mass is 227 g/mol. The zero-order chi connectivity index (χ0) is 12.0. The highest BCUT2D eigenvalue weighted by atomic mass is 16.5. The number of methoxy groups -OCH3 is 1. The normalized spacial score (nSPS) is 16.1. The Morgan fingerprint density at radius 2 is 1.94 bits per heavy atom. The van der Waals surface area contributed by atoms with E-state index in [9.17, 15) is 9.59 Å². The summed E-state index contributed by atoms with van der Waals surface area (Å²) in [6, 6.07) is 0. The molecule has 1 aliphatic carbocycles. The molecule has 92 valence electrons. The van der Waals surface area contributed by atoms with Crippen molar-refractivity contribution in [3.8, 4) is 0 Å².